The summed E-state index contributed by atoms with van der Waals surface area (Å²) in [6, 6.07) is 14.0. The number of carbonyl (C=O) groups excluding carboxylic acids is 1. The molecule has 0 radical (unpaired) electrons. The standard InChI is InChI=1S/C21H26BrNO3/c1-15-11-18(22)12-17(13-23(5)20(24)26-21(2,3)4)19(15)25-14-16-9-7-6-8-10-16/h6-12H,13-14H2,1-5H3. The number of aryl methyl sites for hydroxylation is 1. The summed E-state index contributed by atoms with van der Waals surface area (Å²) in [5.41, 5.74) is 2.52. The van der Waals surface area contributed by atoms with Crippen molar-refractivity contribution < 1.29 is 14.3 Å². The first-order chi connectivity index (χ1) is 12.2. The lowest BCUT2D eigenvalue weighted by Gasteiger charge is -2.25. The van der Waals surface area contributed by atoms with Crippen LogP contribution >= 0.6 is 15.9 Å². The van der Waals surface area contributed by atoms with Crippen molar-refractivity contribution in [3.8, 4) is 5.75 Å². The van der Waals surface area contributed by atoms with Crippen LogP contribution in [0.3, 0.4) is 0 Å². The predicted molar refractivity (Wildman–Crippen MR) is 107 cm³/mol. The Morgan fingerprint density at radius 3 is 2.42 bits per heavy atom. The second-order valence-electron chi connectivity index (χ2n) is 7.32. The van der Waals surface area contributed by atoms with Crippen molar-refractivity contribution in [2.75, 3.05) is 7.05 Å². The van der Waals surface area contributed by atoms with Crippen LogP contribution in [0.2, 0.25) is 0 Å². The lowest BCUT2D eigenvalue weighted by molar-refractivity contribution is 0.0284. The predicted octanol–water partition coefficient (Wildman–Crippen LogP) is 5.70. The number of nitrogens with zero attached hydrogens (tertiary/aromatic N) is 1. The zero-order valence-corrected chi connectivity index (χ0v) is 17.6. The van der Waals surface area contributed by atoms with Crippen molar-refractivity contribution in [3.63, 3.8) is 0 Å². The fourth-order valence-corrected chi connectivity index (χ4v) is 3.13. The molecule has 1 amide bonds. The maximum Gasteiger partial charge on any atom is 0.410 e. The van der Waals surface area contributed by atoms with E-state index < -0.39 is 5.60 Å². The fraction of sp³-hybridized carbons (Fsp3) is 0.381. The molecule has 0 fully saturated rings. The largest absolute Gasteiger partial charge is 0.488 e. The van der Waals surface area contributed by atoms with E-state index in [2.05, 4.69) is 15.9 Å². The molecule has 0 heterocycles. The molecule has 2 rings (SSSR count). The molecule has 0 aliphatic heterocycles. The smallest absolute Gasteiger partial charge is 0.410 e. The summed E-state index contributed by atoms with van der Waals surface area (Å²) in [7, 11) is 1.73. The lowest BCUT2D eigenvalue weighted by Crippen LogP contribution is -2.33. The molecule has 0 bridgehead atoms. The highest BCUT2D eigenvalue weighted by atomic mass is 79.9. The number of halogens is 1. The number of rotatable bonds is 5. The number of hydrogen-bond acceptors (Lipinski definition) is 3. The number of ether oxygens (including phenoxy) is 2. The molecule has 26 heavy (non-hydrogen) atoms. The average molecular weight is 420 g/mol. The Balaban J connectivity index is 2.17. The first kappa shape index (κ1) is 20.3. The van der Waals surface area contributed by atoms with Crippen molar-refractivity contribution in [1.29, 1.82) is 0 Å². The lowest BCUT2D eigenvalue weighted by atomic mass is 10.1. The van der Waals surface area contributed by atoms with Gasteiger partial charge in [0, 0.05) is 17.1 Å². The van der Waals surface area contributed by atoms with Gasteiger partial charge >= 0.3 is 6.09 Å². The Morgan fingerprint density at radius 1 is 1.15 bits per heavy atom. The van der Waals surface area contributed by atoms with E-state index in [9.17, 15) is 4.79 Å². The summed E-state index contributed by atoms with van der Waals surface area (Å²) in [4.78, 5) is 13.8. The van der Waals surface area contributed by atoms with E-state index in [1.165, 1.54) is 0 Å². The quantitative estimate of drug-likeness (QED) is 0.623. The minimum absolute atomic E-state index is 0.357. The van der Waals surface area contributed by atoms with Crippen LogP contribution in [0.15, 0.2) is 46.9 Å². The van der Waals surface area contributed by atoms with Gasteiger partial charge in [-0.15, -0.1) is 0 Å². The molecular weight excluding hydrogens is 394 g/mol. The molecule has 5 heteroatoms. The molecular formula is C21H26BrNO3. The fourth-order valence-electron chi connectivity index (χ4n) is 2.51. The van der Waals surface area contributed by atoms with E-state index in [1.807, 2.05) is 70.2 Å². The van der Waals surface area contributed by atoms with E-state index in [0.29, 0.717) is 13.2 Å². The molecule has 0 saturated carbocycles. The van der Waals surface area contributed by atoms with Crippen LogP contribution in [-0.2, 0) is 17.9 Å². The molecule has 0 aromatic heterocycles. The van der Waals surface area contributed by atoms with Gasteiger partial charge < -0.3 is 14.4 Å². The van der Waals surface area contributed by atoms with E-state index in [-0.39, 0.29) is 6.09 Å². The third kappa shape index (κ3) is 6.06. The molecule has 0 atom stereocenters. The zero-order valence-electron chi connectivity index (χ0n) is 16.0. The summed E-state index contributed by atoms with van der Waals surface area (Å²) in [6.07, 6.45) is -0.357. The SMILES string of the molecule is Cc1cc(Br)cc(CN(C)C(=O)OC(C)(C)C)c1OCc1ccccc1. The van der Waals surface area contributed by atoms with Crippen molar-refractivity contribution in [2.24, 2.45) is 0 Å². The Kier molecular flexibility index (Phi) is 6.70. The van der Waals surface area contributed by atoms with Gasteiger partial charge in [0.25, 0.3) is 0 Å². The summed E-state index contributed by atoms with van der Waals surface area (Å²) < 4.78 is 12.5. The molecule has 0 aliphatic rings. The Morgan fingerprint density at radius 2 is 1.81 bits per heavy atom. The van der Waals surface area contributed by atoms with E-state index in [0.717, 1.165) is 26.9 Å². The van der Waals surface area contributed by atoms with Gasteiger partial charge in [-0.25, -0.2) is 4.79 Å². The topological polar surface area (TPSA) is 38.8 Å². The minimum Gasteiger partial charge on any atom is -0.488 e. The Hall–Kier alpha value is -2.01. The van der Waals surface area contributed by atoms with Gasteiger partial charge in [-0.1, -0.05) is 46.3 Å². The van der Waals surface area contributed by atoms with Crippen LogP contribution in [0, 0.1) is 6.92 Å². The Labute approximate surface area is 164 Å². The zero-order chi connectivity index (χ0) is 19.3. The van der Waals surface area contributed by atoms with Crippen molar-refractivity contribution in [2.45, 2.75) is 46.4 Å². The van der Waals surface area contributed by atoms with Gasteiger partial charge in [0.2, 0.25) is 0 Å². The third-order valence-corrected chi connectivity index (χ3v) is 4.11. The van der Waals surface area contributed by atoms with Gasteiger partial charge in [0.15, 0.2) is 0 Å². The highest BCUT2D eigenvalue weighted by Crippen LogP contribution is 2.30. The Bertz CT molecular complexity index is 754. The van der Waals surface area contributed by atoms with Crippen LogP contribution in [0.1, 0.15) is 37.5 Å². The summed E-state index contributed by atoms with van der Waals surface area (Å²) in [5, 5.41) is 0. The number of benzene rings is 2. The first-order valence-corrected chi connectivity index (χ1v) is 9.35. The van der Waals surface area contributed by atoms with Crippen molar-refractivity contribution >= 4 is 22.0 Å². The van der Waals surface area contributed by atoms with Crippen molar-refractivity contribution in [3.05, 3.63) is 63.6 Å². The molecule has 0 unspecified atom stereocenters. The highest BCUT2D eigenvalue weighted by Gasteiger charge is 2.21. The van der Waals surface area contributed by atoms with Crippen molar-refractivity contribution in [1.82, 2.24) is 4.90 Å². The van der Waals surface area contributed by atoms with Gasteiger partial charge in [0.1, 0.15) is 18.0 Å². The minimum atomic E-state index is -0.523. The number of carbonyl (C=O) groups is 1. The van der Waals surface area contributed by atoms with Gasteiger partial charge in [-0.3, -0.25) is 0 Å². The second-order valence-corrected chi connectivity index (χ2v) is 8.24. The summed E-state index contributed by atoms with van der Waals surface area (Å²) in [5.74, 6) is 0.799. The summed E-state index contributed by atoms with van der Waals surface area (Å²) in [6.45, 7) is 8.46. The summed E-state index contributed by atoms with van der Waals surface area (Å²) >= 11 is 3.53. The second kappa shape index (κ2) is 8.58. The number of hydrogen-bond donors (Lipinski definition) is 0. The van der Waals surface area contributed by atoms with Gasteiger partial charge in [0.05, 0.1) is 6.54 Å². The molecule has 0 spiro atoms. The molecule has 2 aromatic rings. The molecule has 140 valence electrons. The molecule has 0 saturated heterocycles. The molecule has 0 aliphatic carbocycles. The maximum absolute atomic E-state index is 12.3. The van der Waals surface area contributed by atoms with E-state index in [1.54, 1.807) is 11.9 Å². The molecule has 0 N–H and O–H groups in total. The van der Waals surface area contributed by atoms with Crippen LogP contribution < -0.4 is 4.74 Å². The van der Waals surface area contributed by atoms with E-state index >= 15 is 0 Å². The van der Waals surface area contributed by atoms with Crippen LogP contribution in [0.4, 0.5) is 4.79 Å². The molecule has 4 nitrogen and oxygen atoms in total. The molecule has 2 aromatic carbocycles. The third-order valence-electron chi connectivity index (χ3n) is 3.66. The van der Waals surface area contributed by atoms with Gasteiger partial charge in [-0.05, 0) is 51.0 Å². The number of amides is 1. The first-order valence-electron chi connectivity index (χ1n) is 8.55. The van der Waals surface area contributed by atoms with Crippen LogP contribution in [0.25, 0.3) is 0 Å². The highest BCUT2D eigenvalue weighted by molar-refractivity contribution is 9.10. The maximum atomic E-state index is 12.3. The van der Waals surface area contributed by atoms with Crippen LogP contribution in [-0.4, -0.2) is 23.6 Å². The normalized spacial score (nSPS) is 11.2. The van der Waals surface area contributed by atoms with E-state index in [4.69, 9.17) is 9.47 Å². The average Bonchev–Trinajstić information content (AvgIpc) is 2.53. The van der Waals surface area contributed by atoms with Crippen LogP contribution in [0.5, 0.6) is 5.75 Å². The van der Waals surface area contributed by atoms with Gasteiger partial charge in [-0.2, -0.15) is 0 Å². The monoisotopic (exact) mass is 419 g/mol.